The first kappa shape index (κ1) is 20.2. The quantitative estimate of drug-likeness (QED) is 0.0810. The molecule has 0 bridgehead atoms. The number of esters is 2. The second kappa shape index (κ2) is 10.1. The van der Waals surface area contributed by atoms with Crippen LogP contribution < -0.4 is 4.74 Å². The summed E-state index contributed by atoms with van der Waals surface area (Å²) >= 11 is 0. The van der Waals surface area contributed by atoms with E-state index in [0.717, 1.165) is 6.08 Å². The van der Waals surface area contributed by atoms with Crippen molar-refractivity contribution in [2.24, 2.45) is 0 Å². The van der Waals surface area contributed by atoms with Gasteiger partial charge in [0.25, 0.3) is 5.09 Å². The van der Waals surface area contributed by atoms with Gasteiger partial charge in [-0.1, -0.05) is 30.9 Å². The summed E-state index contributed by atoms with van der Waals surface area (Å²) in [5.41, 5.74) is 0.294. The number of allylic oxidation sites excluding steroid dienone is 2. The molecule has 0 aromatic heterocycles. The van der Waals surface area contributed by atoms with E-state index in [0.29, 0.717) is 5.56 Å². The van der Waals surface area contributed by atoms with Crippen LogP contribution in [0.2, 0.25) is 0 Å². The third kappa shape index (κ3) is 6.33. The zero-order valence-electron chi connectivity index (χ0n) is 13.8. The molecule has 8 heteroatoms. The van der Waals surface area contributed by atoms with E-state index in [9.17, 15) is 19.7 Å². The summed E-state index contributed by atoms with van der Waals surface area (Å²) in [6.45, 7) is 4.84. The largest absolute Gasteiger partial charge is 0.423 e. The molecule has 1 aromatic rings. The molecule has 1 rings (SSSR count). The maximum absolute atomic E-state index is 12.3. The summed E-state index contributed by atoms with van der Waals surface area (Å²) in [5.74, 6) is -0.0800. The van der Waals surface area contributed by atoms with Gasteiger partial charge in [0.05, 0.1) is 0 Å². The Bertz CT molecular complexity index is 815. The molecule has 0 atom stereocenters. The van der Waals surface area contributed by atoms with Gasteiger partial charge in [-0.05, 0) is 30.7 Å². The Balaban J connectivity index is 3.05. The van der Waals surface area contributed by atoms with E-state index in [2.05, 4.69) is 11.4 Å². The van der Waals surface area contributed by atoms with Crippen LogP contribution in [-0.2, 0) is 25.8 Å². The maximum atomic E-state index is 12.3. The Labute approximate surface area is 149 Å². The van der Waals surface area contributed by atoms with Crippen LogP contribution in [-0.4, -0.2) is 17.0 Å². The molecule has 0 aliphatic heterocycles. The molecule has 8 nitrogen and oxygen atoms in total. The number of rotatable bonds is 8. The van der Waals surface area contributed by atoms with Crippen molar-refractivity contribution in [1.82, 2.24) is 0 Å². The molecular weight excluding hydrogens is 342 g/mol. The van der Waals surface area contributed by atoms with E-state index in [1.54, 1.807) is 18.9 Å². The van der Waals surface area contributed by atoms with E-state index in [1.165, 1.54) is 30.4 Å². The summed E-state index contributed by atoms with van der Waals surface area (Å²) in [7, 11) is 0. The second-order valence-corrected chi connectivity index (χ2v) is 4.55. The molecule has 0 N–H and O–H groups in total. The van der Waals surface area contributed by atoms with Crippen molar-refractivity contribution in [3.63, 3.8) is 0 Å². The van der Waals surface area contributed by atoms with E-state index in [1.807, 2.05) is 0 Å². The van der Waals surface area contributed by atoms with Crippen molar-refractivity contribution in [1.29, 1.82) is 0 Å². The third-order valence-corrected chi connectivity index (χ3v) is 2.77. The van der Waals surface area contributed by atoms with Crippen molar-refractivity contribution in [2.75, 3.05) is 0 Å². The van der Waals surface area contributed by atoms with E-state index >= 15 is 0 Å². The summed E-state index contributed by atoms with van der Waals surface area (Å²) in [6.07, 6.45) is 8.99. The van der Waals surface area contributed by atoms with Crippen molar-refractivity contribution in [3.8, 4) is 18.1 Å². The zero-order chi connectivity index (χ0) is 19.5. The smallest absolute Gasteiger partial charge is 0.389 e. The lowest BCUT2D eigenvalue weighted by Crippen LogP contribution is -2.14. The highest BCUT2D eigenvalue weighted by molar-refractivity contribution is 5.95. The molecule has 0 aliphatic rings. The van der Waals surface area contributed by atoms with Gasteiger partial charge in [-0.25, -0.2) is 9.59 Å². The summed E-state index contributed by atoms with van der Waals surface area (Å²) in [5, 5.41) is 9.30. The predicted molar refractivity (Wildman–Crippen MR) is 90.8 cm³/mol. The van der Waals surface area contributed by atoms with Crippen molar-refractivity contribution in [2.45, 2.75) is 13.5 Å². The number of carbonyl (C=O) groups is 2. The average Bonchev–Trinajstić information content (AvgIpc) is 2.60. The lowest BCUT2D eigenvalue weighted by Gasteiger charge is -2.09. The lowest BCUT2D eigenvalue weighted by atomic mass is 10.2. The van der Waals surface area contributed by atoms with Crippen LogP contribution in [0.4, 0.5) is 0 Å². The molecule has 0 unspecified atom stereocenters. The summed E-state index contributed by atoms with van der Waals surface area (Å²) < 4.78 is 10.1. The topological polar surface area (TPSA) is 105 Å². The molecule has 1 aromatic carbocycles. The highest BCUT2D eigenvalue weighted by Gasteiger charge is 2.17. The zero-order valence-corrected chi connectivity index (χ0v) is 13.8. The van der Waals surface area contributed by atoms with Crippen molar-refractivity contribution < 1.29 is 29.0 Å². The molecular formula is C18H15NO7. The van der Waals surface area contributed by atoms with E-state index < -0.39 is 17.0 Å². The first-order valence-corrected chi connectivity index (χ1v) is 7.17. The molecule has 0 radical (unpaired) electrons. The fraction of sp³-hybridized carbons (Fsp3) is 0.111. The fourth-order valence-electron chi connectivity index (χ4n) is 1.73. The molecule has 0 fully saturated rings. The number of hydrogen-bond donors (Lipinski definition) is 0. The monoisotopic (exact) mass is 357 g/mol. The Hall–Kier alpha value is -3.86. The van der Waals surface area contributed by atoms with Crippen LogP contribution in [0.5, 0.6) is 5.75 Å². The van der Waals surface area contributed by atoms with Crippen molar-refractivity contribution in [3.05, 3.63) is 76.1 Å². The number of benzene rings is 1. The Morgan fingerprint density at radius 2 is 2.15 bits per heavy atom. The third-order valence-electron chi connectivity index (χ3n) is 2.77. The van der Waals surface area contributed by atoms with Gasteiger partial charge in [0.1, 0.15) is 23.7 Å². The van der Waals surface area contributed by atoms with Gasteiger partial charge in [0.2, 0.25) is 0 Å². The Morgan fingerprint density at radius 1 is 1.42 bits per heavy atom. The minimum absolute atomic E-state index is 0.113. The standard InChI is InChI=1S/C18H15NO7/c1-4-8-16(26-17(20)6-3)15(5-2)18(21)25-14-10-7-9-13(11-14)12-24-19(22)23/h3-5,7-11H,2,12H2,1H3/b8-4-,16-15-. The highest BCUT2D eigenvalue weighted by atomic mass is 16.9. The summed E-state index contributed by atoms with van der Waals surface area (Å²) in [6, 6.07) is 5.96. The molecule has 0 saturated carbocycles. The molecule has 0 saturated heterocycles. The lowest BCUT2D eigenvalue weighted by molar-refractivity contribution is -0.763. The second-order valence-electron chi connectivity index (χ2n) is 4.55. The van der Waals surface area contributed by atoms with Crippen LogP contribution >= 0.6 is 0 Å². The molecule has 0 amide bonds. The number of ether oxygens (including phenoxy) is 2. The van der Waals surface area contributed by atoms with Gasteiger partial charge in [-0.15, -0.1) is 16.5 Å². The van der Waals surface area contributed by atoms with Gasteiger partial charge in [-0.3, -0.25) is 0 Å². The minimum Gasteiger partial charge on any atom is -0.423 e. The molecule has 0 spiro atoms. The van der Waals surface area contributed by atoms with Gasteiger partial charge in [0, 0.05) is 5.92 Å². The normalized spacial score (nSPS) is 11.1. The Morgan fingerprint density at radius 3 is 2.73 bits per heavy atom. The van der Waals surface area contributed by atoms with Crippen LogP contribution in [0, 0.1) is 22.5 Å². The number of terminal acetylenes is 1. The first-order valence-electron chi connectivity index (χ1n) is 7.17. The van der Waals surface area contributed by atoms with Crippen LogP contribution in [0.15, 0.2) is 60.4 Å². The Kier molecular flexibility index (Phi) is 7.84. The van der Waals surface area contributed by atoms with Crippen LogP contribution in [0.25, 0.3) is 0 Å². The maximum Gasteiger partial charge on any atom is 0.389 e. The van der Waals surface area contributed by atoms with Crippen molar-refractivity contribution >= 4 is 11.9 Å². The SMILES string of the molecule is C#CC(=O)OC(/C=C\C)=C(/C=C)C(=O)Oc1cccc(CO[N+](=O)[O-])c1. The van der Waals surface area contributed by atoms with Gasteiger partial charge in [0.15, 0.2) is 0 Å². The molecule has 26 heavy (non-hydrogen) atoms. The highest BCUT2D eigenvalue weighted by Crippen LogP contribution is 2.18. The average molecular weight is 357 g/mol. The van der Waals surface area contributed by atoms with Crippen LogP contribution in [0.1, 0.15) is 12.5 Å². The number of nitrogens with zero attached hydrogens (tertiary/aromatic N) is 1. The van der Waals surface area contributed by atoms with Crippen LogP contribution in [0.3, 0.4) is 0 Å². The van der Waals surface area contributed by atoms with E-state index in [-0.39, 0.29) is 23.7 Å². The first-order chi connectivity index (χ1) is 12.4. The van der Waals surface area contributed by atoms with Gasteiger partial charge >= 0.3 is 11.9 Å². The minimum atomic E-state index is -0.982. The predicted octanol–water partition coefficient (Wildman–Crippen LogP) is 2.49. The van der Waals surface area contributed by atoms with Gasteiger partial charge in [-0.2, -0.15) is 0 Å². The molecule has 0 heterocycles. The van der Waals surface area contributed by atoms with Gasteiger partial charge < -0.3 is 14.3 Å². The number of hydrogen-bond acceptors (Lipinski definition) is 7. The molecule has 0 aliphatic carbocycles. The fourth-order valence-corrected chi connectivity index (χ4v) is 1.73. The summed E-state index contributed by atoms with van der Waals surface area (Å²) in [4.78, 5) is 38.1. The number of carbonyl (C=O) groups excluding carboxylic acids is 2. The van der Waals surface area contributed by atoms with E-state index in [4.69, 9.17) is 15.9 Å². The molecule has 134 valence electrons.